The molecule has 1 atom stereocenters. The highest BCUT2D eigenvalue weighted by molar-refractivity contribution is 6.00. The number of guanidine groups is 1. The van der Waals surface area contributed by atoms with Crippen LogP contribution >= 0.6 is 0 Å². The highest BCUT2D eigenvalue weighted by atomic mass is 16.2. The van der Waals surface area contributed by atoms with Crippen LogP contribution in [-0.2, 0) is 4.79 Å². The van der Waals surface area contributed by atoms with Crippen molar-refractivity contribution < 1.29 is 4.79 Å². The number of nitrogens with one attached hydrogen (secondary N) is 2. The van der Waals surface area contributed by atoms with Crippen LogP contribution in [0.5, 0.6) is 0 Å². The zero-order valence-electron chi connectivity index (χ0n) is 16.7. The summed E-state index contributed by atoms with van der Waals surface area (Å²) in [6.07, 6.45) is 2.02. The van der Waals surface area contributed by atoms with Crippen LogP contribution in [0.3, 0.4) is 0 Å². The van der Waals surface area contributed by atoms with Crippen molar-refractivity contribution in [3.05, 3.63) is 59.7 Å². The topological polar surface area (TPSA) is 72.3 Å². The number of carbonyl (C=O) groups excluding carboxylic acids is 1. The van der Waals surface area contributed by atoms with E-state index < -0.39 is 0 Å². The van der Waals surface area contributed by atoms with E-state index in [0.29, 0.717) is 12.4 Å². The number of carbonyl (C=O) groups is 1. The van der Waals surface area contributed by atoms with Gasteiger partial charge in [0.2, 0.25) is 11.9 Å². The molecule has 1 amide bonds. The van der Waals surface area contributed by atoms with Gasteiger partial charge in [-0.1, -0.05) is 24.3 Å². The smallest absolute Gasteiger partial charge is 0.229 e. The predicted octanol–water partition coefficient (Wildman–Crippen LogP) is 2.36. The lowest BCUT2D eigenvalue weighted by molar-refractivity contribution is -0.120. The van der Waals surface area contributed by atoms with E-state index in [4.69, 9.17) is 0 Å². The van der Waals surface area contributed by atoms with Crippen LogP contribution in [0.4, 0.5) is 11.4 Å². The normalized spacial score (nSPS) is 18.1. The standard InChI is InChI=1S/C21H26N6O/c1-26(2)17-9-5-15(6-10-17)14-22-25-21-23-19(13-20(28)24-21)16-7-11-18(12-8-16)27(3)4/h5-12,14,19H,13H2,1-4H3,(H2,23,24,25,28). The number of amides is 1. The lowest BCUT2D eigenvalue weighted by Crippen LogP contribution is -2.49. The molecule has 7 heteroatoms. The van der Waals surface area contributed by atoms with Crippen molar-refractivity contribution in [2.24, 2.45) is 10.2 Å². The quantitative estimate of drug-likeness (QED) is 0.619. The van der Waals surface area contributed by atoms with Gasteiger partial charge in [-0.3, -0.25) is 10.1 Å². The van der Waals surface area contributed by atoms with Crippen LogP contribution in [-0.4, -0.2) is 46.3 Å². The molecule has 1 aliphatic rings. The number of hydrogen-bond donors (Lipinski definition) is 2. The molecule has 3 rings (SSSR count). The fourth-order valence-electron chi connectivity index (χ4n) is 2.89. The Bertz CT molecular complexity index is 869. The fourth-order valence-corrected chi connectivity index (χ4v) is 2.89. The maximum Gasteiger partial charge on any atom is 0.229 e. The third kappa shape index (κ3) is 4.88. The lowest BCUT2D eigenvalue weighted by atomic mass is 10.0. The van der Waals surface area contributed by atoms with Gasteiger partial charge in [0.25, 0.3) is 0 Å². The summed E-state index contributed by atoms with van der Waals surface area (Å²) in [5.41, 5.74) is 4.21. The summed E-state index contributed by atoms with van der Waals surface area (Å²) in [4.78, 5) is 16.1. The fraction of sp³-hybridized carbons (Fsp3) is 0.286. The molecule has 28 heavy (non-hydrogen) atoms. The maximum absolute atomic E-state index is 12.1. The molecule has 2 aromatic rings. The average Bonchev–Trinajstić information content (AvgIpc) is 2.68. The predicted molar refractivity (Wildman–Crippen MR) is 115 cm³/mol. The molecular formula is C21H26N6O. The third-order valence-corrected chi connectivity index (χ3v) is 4.54. The Hall–Kier alpha value is -3.35. The molecule has 0 aromatic heterocycles. The maximum atomic E-state index is 12.1. The molecule has 0 spiro atoms. The Morgan fingerprint density at radius 2 is 1.50 bits per heavy atom. The van der Waals surface area contributed by atoms with Crippen molar-refractivity contribution in [2.45, 2.75) is 12.5 Å². The van der Waals surface area contributed by atoms with E-state index in [1.807, 2.05) is 86.5 Å². The van der Waals surface area contributed by atoms with Gasteiger partial charge < -0.3 is 15.1 Å². The van der Waals surface area contributed by atoms with E-state index in [1.54, 1.807) is 6.21 Å². The van der Waals surface area contributed by atoms with Crippen LogP contribution in [0.15, 0.2) is 58.7 Å². The van der Waals surface area contributed by atoms with Crippen molar-refractivity contribution in [2.75, 3.05) is 38.0 Å². The lowest BCUT2D eigenvalue weighted by Gasteiger charge is -2.26. The Labute approximate surface area is 165 Å². The summed E-state index contributed by atoms with van der Waals surface area (Å²) >= 11 is 0. The van der Waals surface area contributed by atoms with Crippen LogP contribution in [0, 0.1) is 0 Å². The SMILES string of the molecule is CN(C)c1ccc(C=NN=C2NC(=O)CC(c3ccc(N(C)C)cc3)N2)cc1. The molecule has 1 unspecified atom stereocenters. The first-order valence-electron chi connectivity index (χ1n) is 9.14. The van der Waals surface area contributed by atoms with Crippen LogP contribution < -0.4 is 20.4 Å². The number of rotatable bonds is 5. The monoisotopic (exact) mass is 378 g/mol. The zero-order chi connectivity index (χ0) is 20.1. The molecule has 1 fully saturated rings. The van der Waals surface area contributed by atoms with Gasteiger partial charge in [-0.15, -0.1) is 5.10 Å². The van der Waals surface area contributed by atoms with E-state index in [9.17, 15) is 4.79 Å². The number of nitrogens with zero attached hydrogens (tertiary/aromatic N) is 4. The van der Waals surface area contributed by atoms with E-state index in [2.05, 4.69) is 20.8 Å². The highest BCUT2D eigenvalue weighted by Gasteiger charge is 2.24. The van der Waals surface area contributed by atoms with Gasteiger partial charge in [-0.2, -0.15) is 5.10 Å². The molecular weight excluding hydrogens is 352 g/mol. The first kappa shape index (κ1) is 19.4. The summed E-state index contributed by atoms with van der Waals surface area (Å²) in [6.45, 7) is 0. The Morgan fingerprint density at radius 3 is 2.07 bits per heavy atom. The van der Waals surface area contributed by atoms with Crippen LogP contribution in [0.2, 0.25) is 0 Å². The number of benzene rings is 2. The Balaban J connectivity index is 1.68. The van der Waals surface area contributed by atoms with E-state index in [0.717, 1.165) is 22.5 Å². The molecule has 1 aliphatic heterocycles. The van der Waals surface area contributed by atoms with Crippen molar-refractivity contribution in [3.8, 4) is 0 Å². The summed E-state index contributed by atoms with van der Waals surface area (Å²) in [5, 5.41) is 14.2. The van der Waals surface area contributed by atoms with Crippen LogP contribution in [0.25, 0.3) is 0 Å². The summed E-state index contributed by atoms with van der Waals surface area (Å²) in [7, 11) is 7.99. The van der Waals surface area contributed by atoms with E-state index in [1.165, 1.54) is 0 Å². The summed E-state index contributed by atoms with van der Waals surface area (Å²) in [5.74, 6) is 0.281. The summed E-state index contributed by atoms with van der Waals surface area (Å²) < 4.78 is 0. The van der Waals surface area contributed by atoms with Gasteiger partial charge in [-0.25, -0.2) is 0 Å². The highest BCUT2D eigenvalue weighted by Crippen LogP contribution is 2.22. The van der Waals surface area contributed by atoms with E-state index in [-0.39, 0.29) is 11.9 Å². The molecule has 1 heterocycles. The Morgan fingerprint density at radius 1 is 0.929 bits per heavy atom. The van der Waals surface area contributed by atoms with Crippen molar-refractivity contribution in [1.82, 2.24) is 10.6 Å². The third-order valence-electron chi connectivity index (χ3n) is 4.54. The molecule has 0 radical (unpaired) electrons. The van der Waals surface area contributed by atoms with E-state index >= 15 is 0 Å². The Kier molecular flexibility index (Phi) is 5.93. The largest absolute Gasteiger partial charge is 0.378 e. The molecule has 0 aliphatic carbocycles. The molecule has 0 saturated carbocycles. The van der Waals surface area contributed by atoms with Gasteiger partial charge >= 0.3 is 0 Å². The zero-order valence-corrected chi connectivity index (χ0v) is 16.7. The van der Waals surface area contributed by atoms with Gasteiger partial charge in [0, 0.05) is 39.6 Å². The minimum Gasteiger partial charge on any atom is -0.378 e. The first-order chi connectivity index (χ1) is 13.4. The van der Waals surface area contributed by atoms with Gasteiger partial charge in [0.05, 0.1) is 18.7 Å². The molecule has 146 valence electrons. The molecule has 1 saturated heterocycles. The number of hydrogen-bond acceptors (Lipinski definition) is 5. The van der Waals surface area contributed by atoms with Crippen molar-refractivity contribution in [1.29, 1.82) is 0 Å². The second kappa shape index (κ2) is 8.56. The van der Waals surface area contributed by atoms with Gasteiger partial charge in [0.1, 0.15) is 0 Å². The second-order valence-electron chi connectivity index (χ2n) is 7.11. The van der Waals surface area contributed by atoms with Gasteiger partial charge in [0.15, 0.2) is 0 Å². The van der Waals surface area contributed by atoms with Crippen molar-refractivity contribution in [3.63, 3.8) is 0 Å². The van der Waals surface area contributed by atoms with Gasteiger partial charge in [-0.05, 0) is 35.4 Å². The summed E-state index contributed by atoms with van der Waals surface area (Å²) in [6, 6.07) is 16.0. The van der Waals surface area contributed by atoms with Crippen molar-refractivity contribution >= 4 is 29.5 Å². The molecule has 2 N–H and O–H groups in total. The minimum absolute atomic E-state index is 0.0790. The minimum atomic E-state index is -0.127. The average molecular weight is 378 g/mol. The molecule has 2 aromatic carbocycles. The number of anilines is 2. The first-order valence-corrected chi connectivity index (χ1v) is 9.14. The van der Waals surface area contributed by atoms with Crippen LogP contribution in [0.1, 0.15) is 23.6 Å². The second-order valence-corrected chi connectivity index (χ2v) is 7.11. The molecule has 0 bridgehead atoms. The molecule has 7 nitrogen and oxygen atoms in total.